The standard InChI is InChI=1S/C45H28N4O/c1-2-13-29(14-3-1)43-46-44(48-45(47-43)37-22-12-26-41-42(37)36-21-6-9-25-40(36)50-41)32-17-10-15-30(27-32)31-16-11-18-33(28-31)49-38-23-7-4-19-34(38)35-20-5-8-24-39(35)49/h1-28H. The molecule has 3 heterocycles. The SMILES string of the molecule is c1ccc(-c2nc(-c3cccc(-c4cccc(-n5c6ccccc6c6ccccc65)c4)c3)nc(-c3cccc4oc5ccccc5c34)n2)cc1. The molecule has 5 nitrogen and oxygen atoms in total. The Labute approximate surface area is 287 Å². The lowest BCUT2D eigenvalue weighted by molar-refractivity contribution is 0.669. The molecule has 0 fully saturated rings. The summed E-state index contributed by atoms with van der Waals surface area (Å²) in [4.78, 5) is 15.2. The smallest absolute Gasteiger partial charge is 0.164 e. The van der Waals surface area contributed by atoms with Crippen molar-refractivity contribution in [2.75, 3.05) is 0 Å². The van der Waals surface area contributed by atoms with Gasteiger partial charge in [0.15, 0.2) is 17.5 Å². The molecule has 0 aliphatic heterocycles. The summed E-state index contributed by atoms with van der Waals surface area (Å²) in [7, 11) is 0. The summed E-state index contributed by atoms with van der Waals surface area (Å²) in [6, 6.07) is 58.6. The Morgan fingerprint density at radius 2 is 0.920 bits per heavy atom. The van der Waals surface area contributed by atoms with Crippen LogP contribution in [0.15, 0.2) is 174 Å². The lowest BCUT2D eigenvalue weighted by Gasteiger charge is -2.12. The van der Waals surface area contributed by atoms with Gasteiger partial charge in [-0.2, -0.15) is 0 Å². The molecule has 0 aliphatic carbocycles. The van der Waals surface area contributed by atoms with Gasteiger partial charge in [0.05, 0.1) is 11.0 Å². The van der Waals surface area contributed by atoms with Gasteiger partial charge in [-0.15, -0.1) is 0 Å². The van der Waals surface area contributed by atoms with E-state index in [1.54, 1.807) is 0 Å². The number of hydrogen-bond acceptors (Lipinski definition) is 4. The van der Waals surface area contributed by atoms with E-state index >= 15 is 0 Å². The summed E-state index contributed by atoms with van der Waals surface area (Å²) >= 11 is 0. The molecule has 0 bridgehead atoms. The molecule has 0 spiro atoms. The summed E-state index contributed by atoms with van der Waals surface area (Å²) in [6.07, 6.45) is 0. The van der Waals surface area contributed by atoms with Crippen molar-refractivity contribution in [1.82, 2.24) is 19.5 Å². The molecular formula is C45H28N4O. The van der Waals surface area contributed by atoms with E-state index in [4.69, 9.17) is 19.4 Å². The molecule has 7 aromatic carbocycles. The van der Waals surface area contributed by atoms with E-state index in [0.717, 1.165) is 55.4 Å². The van der Waals surface area contributed by atoms with Gasteiger partial charge in [-0.1, -0.05) is 127 Å². The van der Waals surface area contributed by atoms with Gasteiger partial charge in [0.2, 0.25) is 0 Å². The molecule has 0 radical (unpaired) electrons. The molecule has 0 unspecified atom stereocenters. The van der Waals surface area contributed by atoms with Gasteiger partial charge in [0.1, 0.15) is 11.2 Å². The highest BCUT2D eigenvalue weighted by Gasteiger charge is 2.18. The van der Waals surface area contributed by atoms with Crippen molar-refractivity contribution >= 4 is 43.7 Å². The monoisotopic (exact) mass is 640 g/mol. The summed E-state index contributed by atoms with van der Waals surface area (Å²) in [5, 5.41) is 4.52. The van der Waals surface area contributed by atoms with Crippen LogP contribution in [-0.4, -0.2) is 19.5 Å². The Morgan fingerprint density at radius 3 is 1.70 bits per heavy atom. The number of benzene rings is 7. The summed E-state index contributed by atoms with van der Waals surface area (Å²) in [5.74, 6) is 1.83. The van der Waals surface area contributed by atoms with Crippen molar-refractivity contribution in [2.45, 2.75) is 0 Å². The first-order chi connectivity index (χ1) is 24.8. The number of aromatic nitrogens is 4. The number of furan rings is 1. The maximum absolute atomic E-state index is 6.22. The topological polar surface area (TPSA) is 56.7 Å². The van der Waals surface area contributed by atoms with E-state index in [-0.39, 0.29) is 0 Å². The first kappa shape index (κ1) is 28.2. The molecular weight excluding hydrogens is 613 g/mol. The van der Waals surface area contributed by atoms with Crippen LogP contribution in [0.1, 0.15) is 0 Å². The van der Waals surface area contributed by atoms with Crippen molar-refractivity contribution in [2.24, 2.45) is 0 Å². The minimum absolute atomic E-state index is 0.602. The fourth-order valence-electron chi connectivity index (χ4n) is 7.17. The zero-order valence-electron chi connectivity index (χ0n) is 26.9. The third kappa shape index (κ3) is 4.60. The number of nitrogens with zero attached hydrogens (tertiary/aromatic N) is 4. The van der Waals surface area contributed by atoms with Crippen molar-refractivity contribution in [3.8, 4) is 51.0 Å². The molecule has 0 saturated carbocycles. The van der Waals surface area contributed by atoms with Gasteiger partial charge in [-0.25, -0.2) is 15.0 Å². The molecule has 50 heavy (non-hydrogen) atoms. The molecule has 0 N–H and O–H groups in total. The molecule has 10 rings (SSSR count). The second kappa shape index (κ2) is 11.4. The largest absolute Gasteiger partial charge is 0.456 e. The van der Waals surface area contributed by atoms with Gasteiger partial charge in [0.25, 0.3) is 0 Å². The second-order valence-electron chi connectivity index (χ2n) is 12.5. The van der Waals surface area contributed by atoms with E-state index in [1.807, 2.05) is 60.7 Å². The molecule has 0 aliphatic rings. The molecule has 5 heteroatoms. The van der Waals surface area contributed by atoms with Gasteiger partial charge >= 0.3 is 0 Å². The first-order valence-electron chi connectivity index (χ1n) is 16.7. The molecule has 234 valence electrons. The molecule has 3 aromatic heterocycles. The maximum atomic E-state index is 6.22. The number of hydrogen-bond donors (Lipinski definition) is 0. The number of rotatable bonds is 5. The molecule has 10 aromatic rings. The Morgan fingerprint density at radius 1 is 0.380 bits per heavy atom. The van der Waals surface area contributed by atoms with Gasteiger partial charge in [-0.3, -0.25) is 0 Å². The van der Waals surface area contributed by atoms with Gasteiger partial charge < -0.3 is 8.98 Å². The van der Waals surface area contributed by atoms with Crippen molar-refractivity contribution in [3.05, 3.63) is 170 Å². The predicted octanol–water partition coefficient (Wildman–Crippen LogP) is 11.5. The maximum Gasteiger partial charge on any atom is 0.164 e. The highest BCUT2D eigenvalue weighted by molar-refractivity contribution is 6.12. The quantitative estimate of drug-likeness (QED) is 0.188. The van der Waals surface area contributed by atoms with Gasteiger partial charge in [-0.05, 0) is 53.6 Å². The Balaban J connectivity index is 1.13. The normalized spacial score (nSPS) is 11.6. The van der Waals surface area contributed by atoms with E-state index in [9.17, 15) is 0 Å². The number of para-hydroxylation sites is 3. The Bertz CT molecular complexity index is 2830. The van der Waals surface area contributed by atoms with E-state index in [1.165, 1.54) is 21.8 Å². The first-order valence-corrected chi connectivity index (χ1v) is 16.7. The van der Waals surface area contributed by atoms with Crippen LogP contribution in [-0.2, 0) is 0 Å². The van der Waals surface area contributed by atoms with Crippen molar-refractivity contribution < 1.29 is 4.42 Å². The third-order valence-corrected chi connectivity index (χ3v) is 9.45. The highest BCUT2D eigenvalue weighted by atomic mass is 16.3. The Kier molecular flexibility index (Phi) is 6.42. The molecule has 0 amide bonds. The van der Waals surface area contributed by atoms with Crippen LogP contribution < -0.4 is 0 Å². The summed E-state index contributed by atoms with van der Waals surface area (Å²) in [6.45, 7) is 0. The lowest BCUT2D eigenvalue weighted by Crippen LogP contribution is -2.00. The van der Waals surface area contributed by atoms with E-state index < -0.39 is 0 Å². The Hall–Kier alpha value is -6.85. The third-order valence-electron chi connectivity index (χ3n) is 9.45. The van der Waals surface area contributed by atoms with Crippen molar-refractivity contribution in [1.29, 1.82) is 0 Å². The fourth-order valence-corrected chi connectivity index (χ4v) is 7.17. The van der Waals surface area contributed by atoms with E-state index in [0.29, 0.717) is 17.5 Å². The van der Waals surface area contributed by atoms with Crippen molar-refractivity contribution in [3.63, 3.8) is 0 Å². The van der Waals surface area contributed by atoms with Crippen LogP contribution in [0.25, 0.3) is 94.7 Å². The second-order valence-corrected chi connectivity index (χ2v) is 12.5. The number of fused-ring (bicyclic) bond motifs is 6. The van der Waals surface area contributed by atoms with Crippen LogP contribution in [0.4, 0.5) is 0 Å². The minimum atomic E-state index is 0.602. The zero-order valence-corrected chi connectivity index (χ0v) is 26.9. The van der Waals surface area contributed by atoms with Gasteiger partial charge in [0, 0.05) is 43.9 Å². The predicted molar refractivity (Wildman–Crippen MR) is 203 cm³/mol. The molecule has 0 saturated heterocycles. The van der Waals surface area contributed by atoms with Crippen LogP contribution >= 0.6 is 0 Å². The molecule has 0 atom stereocenters. The lowest BCUT2D eigenvalue weighted by atomic mass is 10.0. The van der Waals surface area contributed by atoms with Crippen LogP contribution in [0.3, 0.4) is 0 Å². The zero-order chi connectivity index (χ0) is 33.0. The van der Waals surface area contributed by atoms with Crippen LogP contribution in [0.5, 0.6) is 0 Å². The van der Waals surface area contributed by atoms with Crippen LogP contribution in [0.2, 0.25) is 0 Å². The summed E-state index contributed by atoms with van der Waals surface area (Å²) in [5.41, 5.74) is 10.1. The fraction of sp³-hybridized carbons (Fsp3) is 0. The average Bonchev–Trinajstić information content (AvgIpc) is 3.74. The average molecular weight is 641 g/mol. The minimum Gasteiger partial charge on any atom is -0.456 e. The summed E-state index contributed by atoms with van der Waals surface area (Å²) < 4.78 is 8.57. The van der Waals surface area contributed by atoms with Crippen LogP contribution in [0, 0.1) is 0 Å². The van der Waals surface area contributed by atoms with E-state index in [2.05, 4.69) is 114 Å². The highest BCUT2D eigenvalue weighted by Crippen LogP contribution is 2.37.